The van der Waals surface area contributed by atoms with Crippen molar-refractivity contribution in [3.8, 4) is 0 Å². The highest BCUT2D eigenvalue weighted by atomic mass is 19.4. The van der Waals surface area contributed by atoms with Crippen molar-refractivity contribution in [2.24, 2.45) is 0 Å². The van der Waals surface area contributed by atoms with Crippen molar-refractivity contribution in [1.29, 1.82) is 0 Å². The third-order valence-corrected chi connectivity index (χ3v) is 2.95. The van der Waals surface area contributed by atoms with E-state index in [-0.39, 0.29) is 18.9 Å². The van der Waals surface area contributed by atoms with Gasteiger partial charge in [-0.15, -0.1) is 0 Å². The first-order valence-corrected chi connectivity index (χ1v) is 6.79. The van der Waals surface area contributed by atoms with Gasteiger partial charge < -0.3 is 10.6 Å². The van der Waals surface area contributed by atoms with Crippen molar-refractivity contribution in [3.05, 3.63) is 59.3 Å². The molecule has 4 nitrogen and oxygen atoms in total. The molecular weight excluding hydrogens is 333 g/mol. The Morgan fingerprint density at radius 1 is 1.00 bits per heavy atom. The summed E-state index contributed by atoms with van der Waals surface area (Å²) in [6.45, 7) is -0.0410. The predicted molar refractivity (Wildman–Crippen MR) is 76.4 cm³/mol. The standard InChI is InChI=1S/C15H12F5N3O/c16-9-3-1-4-10(17)13(9)14(24)22-8-7-21-12-6-2-5-11(23-12)15(18,19)20/h1-6H,7-8H2,(H,21,23)(H,22,24). The summed E-state index contributed by atoms with van der Waals surface area (Å²) in [5, 5.41) is 4.84. The van der Waals surface area contributed by atoms with Crippen LogP contribution in [0.15, 0.2) is 36.4 Å². The number of anilines is 1. The molecule has 1 aromatic carbocycles. The molecule has 2 rings (SSSR count). The van der Waals surface area contributed by atoms with Crippen LogP contribution in [0.25, 0.3) is 0 Å². The largest absolute Gasteiger partial charge is 0.433 e. The molecule has 1 amide bonds. The molecule has 0 saturated carbocycles. The molecule has 1 aromatic heterocycles. The fraction of sp³-hybridized carbons (Fsp3) is 0.200. The number of rotatable bonds is 5. The number of nitrogens with one attached hydrogen (secondary N) is 2. The van der Waals surface area contributed by atoms with E-state index in [1.165, 1.54) is 12.1 Å². The lowest BCUT2D eigenvalue weighted by Crippen LogP contribution is -2.30. The van der Waals surface area contributed by atoms with Gasteiger partial charge in [-0.05, 0) is 24.3 Å². The maximum absolute atomic E-state index is 13.4. The second-order valence-corrected chi connectivity index (χ2v) is 4.69. The van der Waals surface area contributed by atoms with Gasteiger partial charge in [0.1, 0.15) is 28.7 Å². The van der Waals surface area contributed by atoms with Gasteiger partial charge in [0, 0.05) is 13.1 Å². The first-order chi connectivity index (χ1) is 11.3. The van der Waals surface area contributed by atoms with Crippen molar-refractivity contribution in [3.63, 3.8) is 0 Å². The Balaban J connectivity index is 1.88. The molecule has 2 N–H and O–H groups in total. The number of carbonyl (C=O) groups is 1. The Kier molecular flexibility index (Phi) is 5.32. The molecule has 0 bridgehead atoms. The molecule has 0 spiro atoms. The highest BCUT2D eigenvalue weighted by Gasteiger charge is 2.32. The van der Waals surface area contributed by atoms with Crippen LogP contribution in [0.3, 0.4) is 0 Å². The molecule has 0 aliphatic heterocycles. The van der Waals surface area contributed by atoms with Crippen LogP contribution < -0.4 is 10.6 Å². The van der Waals surface area contributed by atoms with Crippen molar-refractivity contribution >= 4 is 11.7 Å². The average molecular weight is 345 g/mol. The van der Waals surface area contributed by atoms with E-state index in [2.05, 4.69) is 15.6 Å². The van der Waals surface area contributed by atoms with Crippen molar-refractivity contribution in [2.75, 3.05) is 18.4 Å². The monoisotopic (exact) mass is 345 g/mol. The SMILES string of the molecule is O=C(NCCNc1cccc(C(F)(F)F)n1)c1c(F)cccc1F. The van der Waals surface area contributed by atoms with Crippen LogP contribution in [-0.4, -0.2) is 24.0 Å². The number of hydrogen-bond donors (Lipinski definition) is 2. The lowest BCUT2D eigenvalue weighted by molar-refractivity contribution is -0.141. The summed E-state index contributed by atoms with van der Waals surface area (Å²) in [7, 11) is 0. The highest BCUT2D eigenvalue weighted by molar-refractivity contribution is 5.94. The van der Waals surface area contributed by atoms with E-state index in [1.54, 1.807) is 0 Å². The molecule has 0 unspecified atom stereocenters. The van der Waals surface area contributed by atoms with E-state index < -0.39 is 35.0 Å². The second kappa shape index (κ2) is 7.24. The van der Waals surface area contributed by atoms with Crippen LogP contribution in [0.4, 0.5) is 27.8 Å². The molecule has 0 aliphatic carbocycles. The quantitative estimate of drug-likeness (QED) is 0.646. The normalized spacial score (nSPS) is 11.2. The first-order valence-electron chi connectivity index (χ1n) is 6.79. The van der Waals surface area contributed by atoms with Crippen LogP contribution in [0, 0.1) is 11.6 Å². The van der Waals surface area contributed by atoms with Gasteiger partial charge in [-0.1, -0.05) is 12.1 Å². The van der Waals surface area contributed by atoms with E-state index in [1.807, 2.05) is 0 Å². The molecule has 1 heterocycles. The summed E-state index contributed by atoms with van der Waals surface area (Å²) in [5.41, 5.74) is -1.76. The van der Waals surface area contributed by atoms with Gasteiger partial charge in [0.15, 0.2) is 0 Å². The zero-order valence-corrected chi connectivity index (χ0v) is 12.1. The Labute approximate surface area is 133 Å². The summed E-state index contributed by atoms with van der Waals surface area (Å²) in [5.74, 6) is -2.99. The lowest BCUT2D eigenvalue weighted by Gasteiger charge is -2.10. The number of hydrogen-bond acceptors (Lipinski definition) is 3. The van der Waals surface area contributed by atoms with Gasteiger partial charge >= 0.3 is 6.18 Å². The second-order valence-electron chi connectivity index (χ2n) is 4.69. The minimum absolute atomic E-state index is 0.0239. The molecule has 0 radical (unpaired) electrons. The smallest absolute Gasteiger partial charge is 0.368 e. The third kappa shape index (κ3) is 4.40. The summed E-state index contributed by atoms with van der Waals surface area (Å²) >= 11 is 0. The van der Waals surface area contributed by atoms with Crippen LogP contribution in [0.2, 0.25) is 0 Å². The number of amides is 1. The maximum atomic E-state index is 13.4. The minimum Gasteiger partial charge on any atom is -0.368 e. The van der Waals surface area contributed by atoms with Gasteiger partial charge in [0.25, 0.3) is 5.91 Å². The molecule has 0 atom stereocenters. The predicted octanol–water partition coefficient (Wildman–Crippen LogP) is 3.22. The topological polar surface area (TPSA) is 54.0 Å². The Bertz CT molecular complexity index is 713. The van der Waals surface area contributed by atoms with Crippen LogP contribution >= 0.6 is 0 Å². The third-order valence-electron chi connectivity index (χ3n) is 2.95. The van der Waals surface area contributed by atoms with Gasteiger partial charge in [-0.25, -0.2) is 13.8 Å². The summed E-state index contributed by atoms with van der Waals surface area (Å²) in [6.07, 6.45) is -4.56. The van der Waals surface area contributed by atoms with E-state index in [4.69, 9.17) is 0 Å². The van der Waals surface area contributed by atoms with E-state index in [0.29, 0.717) is 0 Å². The molecule has 0 saturated heterocycles. The van der Waals surface area contributed by atoms with E-state index in [0.717, 1.165) is 24.3 Å². The number of nitrogens with zero attached hydrogens (tertiary/aromatic N) is 1. The lowest BCUT2D eigenvalue weighted by atomic mass is 10.2. The maximum Gasteiger partial charge on any atom is 0.433 e. The molecule has 24 heavy (non-hydrogen) atoms. The summed E-state index contributed by atoms with van der Waals surface area (Å²) in [4.78, 5) is 15.1. The number of halogens is 5. The number of carbonyl (C=O) groups excluding carboxylic acids is 1. The van der Waals surface area contributed by atoms with Gasteiger partial charge in [0.2, 0.25) is 0 Å². The molecule has 0 aliphatic rings. The average Bonchev–Trinajstić information content (AvgIpc) is 2.51. The highest BCUT2D eigenvalue weighted by Crippen LogP contribution is 2.28. The van der Waals surface area contributed by atoms with Crippen LogP contribution in [0.5, 0.6) is 0 Å². The van der Waals surface area contributed by atoms with Crippen LogP contribution in [-0.2, 0) is 6.18 Å². The number of aromatic nitrogens is 1. The van der Waals surface area contributed by atoms with Gasteiger partial charge in [0.05, 0.1) is 0 Å². The number of pyridine rings is 1. The first kappa shape index (κ1) is 17.6. The zero-order valence-electron chi connectivity index (χ0n) is 12.1. The van der Waals surface area contributed by atoms with E-state index in [9.17, 15) is 26.7 Å². The fourth-order valence-corrected chi connectivity index (χ4v) is 1.86. The molecule has 0 fully saturated rings. The number of benzene rings is 1. The molecule has 2 aromatic rings. The minimum atomic E-state index is -4.56. The van der Waals surface area contributed by atoms with Crippen LogP contribution in [0.1, 0.15) is 16.1 Å². The Morgan fingerprint density at radius 3 is 2.25 bits per heavy atom. The zero-order chi connectivity index (χ0) is 17.7. The molecular formula is C15H12F5N3O. The van der Waals surface area contributed by atoms with E-state index >= 15 is 0 Å². The Hall–Kier alpha value is -2.71. The number of alkyl halides is 3. The summed E-state index contributed by atoms with van der Waals surface area (Å²) in [6, 6.07) is 6.36. The van der Waals surface area contributed by atoms with Crippen molar-refractivity contribution in [2.45, 2.75) is 6.18 Å². The van der Waals surface area contributed by atoms with Crippen molar-refractivity contribution < 1.29 is 26.7 Å². The fourth-order valence-electron chi connectivity index (χ4n) is 1.86. The molecule has 128 valence electrons. The van der Waals surface area contributed by atoms with Gasteiger partial charge in [-0.3, -0.25) is 4.79 Å². The van der Waals surface area contributed by atoms with Gasteiger partial charge in [-0.2, -0.15) is 13.2 Å². The van der Waals surface area contributed by atoms with Crippen molar-refractivity contribution in [1.82, 2.24) is 10.3 Å². The molecule has 9 heteroatoms. The Morgan fingerprint density at radius 2 is 1.62 bits per heavy atom. The summed E-state index contributed by atoms with van der Waals surface area (Å²) < 4.78 is 64.3.